The highest BCUT2D eigenvalue weighted by Crippen LogP contribution is 2.49. The Bertz CT molecular complexity index is 1370. The smallest absolute Gasteiger partial charge is 0.137 e. The lowest BCUT2D eigenvalue weighted by Crippen LogP contribution is -2.31. The largest absolute Gasteiger partial charge is 0.506 e. The second kappa shape index (κ2) is 12.0. The van der Waals surface area contributed by atoms with Crippen LogP contribution in [0.3, 0.4) is 0 Å². The molecule has 0 aliphatic heterocycles. The monoisotopic (exact) mass is 734 g/mol. The van der Waals surface area contributed by atoms with Gasteiger partial charge in [-0.25, -0.2) is 0 Å². The summed E-state index contributed by atoms with van der Waals surface area (Å²) in [6, 6.07) is 15.3. The van der Waals surface area contributed by atoms with Gasteiger partial charge in [0.25, 0.3) is 0 Å². The first kappa shape index (κ1) is 32.5. The fraction of sp³-hybridized carbons (Fsp3) is 0.294. The van der Waals surface area contributed by atoms with Gasteiger partial charge in [0.05, 0.1) is 19.0 Å². The summed E-state index contributed by atoms with van der Waals surface area (Å²) in [6.07, 6.45) is 1.24. The number of aryl methyl sites for hydroxylation is 4. The Morgan fingerprint density at radius 3 is 1.02 bits per heavy atom. The first-order valence-electron chi connectivity index (χ1n) is 13.5. The molecule has 0 amide bonds. The van der Waals surface area contributed by atoms with E-state index >= 15 is 0 Å². The van der Waals surface area contributed by atoms with Crippen LogP contribution >= 0.6 is 55.1 Å². The quantitative estimate of drug-likeness (QED) is 0.152. The Hall–Kier alpha value is -2.38. The molecule has 222 valence electrons. The van der Waals surface area contributed by atoms with E-state index in [0.717, 1.165) is 33.4 Å². The van der Waals surface area contributed by atoms with Gasteiger partial charge in [-0.3, -0.25) is 0 Å². The zero-order valence-corrected chi connectivity index (χ0v) is 29.0. The average molecular weight is 737 g/mol. The van der Waals surface area contributed by atoms with Gasteiger partial charge in [-0.2, -0.15) is 0 Å². The summed E-state index contributed by atoms with van der Waals surface area (Å²) >= 11 is 20.1. The third-order valence-corrected chi connectivity index (χ3v) is 10.5. The van der Waals surface area contributed by atoms with Crippen molar-refractivity contribution >= 4 is 55.1 Å². The molecule has 4 rings (SSSR count). The van der Waals surface area contributed by atoms with Crippen LogP contribution in [0.25, 0.3) is 0 Å². The van der Waals surface area contributed by atoms with Crippen molar-refractivity contribution in [2.75, 3.05) is 0 Å². The zero-order chi connectivity index (χ0) is 31.3. The van der Waals surface area contributed by atoms with E-state index in [0.29, 0.717) is 32.9 Å². The fourth-order valence-electron chi connectivity index (χ4n) is 5.63. The maximum Gasteiger partial charge on any atom is 0.137 e. The molecule has 4 N–H and O–H groups in total. The van der Waals surface area contributed by atoms with Crippen molar-refractivity contribution in [3.8, 4) is 23.0 Å². The van der Waals surface area contributed by atoms with Crippen LogP contribution in [0.4, 0.5) is 0 Å². The summed E-state index contributed by atoms with van der Waals surface area (Å²) in [4.78, 5) is 0. The van der Waals surface area contributed by atoms with E-state index < -0.39 is 10.8 Å². The van der Waals surface area contributed by atoms with E-state index in [1.165, 1.54) is 0 Å². The van der Waals surface area contributed by atoms with Crippen molar-refractivity contribution in [3.05, 3.63) is 112 Å². The maximum absolute atomic E-state index is 10.5. The molecule has 42 heavy (non-hydrogen) atoms. The minimum atomic E-state index is -0.641. The van der Waals surface area contributed by atoms with E-state index in [2.05, 4.69) is 45.7 Å². The molecule has 0 spiro atoms. The van der Waals surface area contributed by atoms with Crippen molar-refractivity contribution < 1.29 is 20.4 Å². The van der Waals surface area contributed by atoms with Crippen LogP contribution in [-0.4, -0.2) is 20.4 Å². The van der Waals surface area contributed by atoms with Crippen molar-refractivity contribution in [1.29, 1.82) is 0 Å². The van der Waals surface area contributed by atoms with Gasteiger partial charge >= 0.3 is 0 Å². The van der Waals surface area contributed by atoms with Crippen molar-refractivity contribution in [1.82, 2.24) is 0 Å². The number of phenols is 4. The molecule has 8 heteroatoms. The lowest BCUT2D eigenvalue weighted by atomic mass is 9.65. The van der Waals surface area contributed by atoms with Crippen LogP contribution in [0.5, 0.6) is 23.0 Å². The molecule has 0 heterocycles. The van der Waals surface area contributed by atoms with Crippen LogP contribution in [0.15, 0.2) is 57.5 Å². The van der Waals surface area contributed by atoms with Gasteiger partial charge in [-0.05, 0) is 141 Å². The van der Waals surface area contributed by atoms with E-state index in [9.17, 15) is 20.4 Å². The third-order valence-electron chi connectivity index (χ3n) is 8.69. The lowest BCUT2D eigenvalue weighted by molar-refractivity contribution is 0.408. The molecule has 0 bridgehead atoms. The van der Waals surface area contributed by atoms with E-state index in [-0.39, 0.29) is 33.0 Å². The van der Waals surface area contributed by atoms with E-state index in [4.69, 9.17) is 23.2 Å². The van der Waals surface area contributed by atoms with Crippen molar-refractivity contribution in [2.24, 2.45) is 0 Å². The summed E-state index contributed by atoms with van der Waals surface area (Å²) in [5.41, 5.74) is 5.36. The van der Waals surface area contributed by atoms with Gasteiger partial charge in [0, 0.05) is 10.8 Å². The molecular weight excluding hydrogens is 703 g/mol. The molecule has 0 saturated heterocycles. The molecule has 0 aromatic heterocycles. The first-order chi connectivity index (χ1) is 19.5. The number of phenolic OH excluding ortho intramolecular Hbond substituents is 4. The van der Waals surface area contributed by atoms with Crippen LogP contribution in [-0.2, 0) is 10.8 Å². The molecule has 0 atom stereocenters. The Labute approximate surface area is 274 Å². The summed E-state index contributed by atoms with van der Waals surface area (Å²) < 4.78 is 1.20. The predicted octanol–water partition coefficient (Wildman–Crippen LogP) is 10.7. The summed E-state index contributed by atoms with van der Waals surface area (Å²) in [6.45, 7) is 11.7. The molecule has 0 radical (unpaired) electrons. The molecule has 0 unspecified atom stereocenters. The SMILES string of the molecule is Cc1cc(C(C)(CCC(C)(c2cc(C)c(O)c(Br)c2)c2cc(C)c(O)c(Br)c2)c2cc(C)c(O)c(Cl)c2)cc(Cl)c1O. The summed E-state index contributed by atoms with van der Waals surface area (Å²) in [5.74, 6) is 0.470. The number of aromatic hydroxyl groups is 4. The third kappa shape index (κ3) is 5.88. The van der Waals surface area contributed by atoms with Crippen molar-refractivity contribution in [2.45, 2.75) is 65.2 Å². The molecule has 0 aliphatic carbocycles. The van der Waals surface area contributed by atoms with E-state index in [1.807, 2.05) is 64.1 Å². The summed E-state index contributed by atoms with van der Waals surface area (Å²) in [5, 5.41) is 42.5. The van der Waals surface area contributed by atoms with Gasteiger partial charge in [0.15, 0.2) is 0 Å². The highest BCUT2D eigenvalue weighted by molar-refractivity contribution is 9.10. The van der Waals surface area contributed by atoms with Crippen LogP contribution in [0.1, 0.15) is 71.2 Å². The van der Waals surface area contributed by atoms with Gasteiger partial charge in [0.2, 0.25) is 0 Å². The number of halogens is 4. The Balaban J connectivity index is 1.96. The molecule has 4 aromatic rings. The fourth-order valence-corrected chi connectivity index (χ4v) is 7.28. The number of hydrogen-bond acceptors (Lipinski definition) is 4. The number of benzene rings is 4. The molecule has 0 saturated carbocycles. The molecule has 4 aromatic carbocycles. The summed E-state index contributed by atoms with van der Waals surface area (Å²) in [7, 11) is 0. The minimum absolute atomic E-state index is 0.0429. The second-order valence-electron chi connectivity index (χ2n) is 11.7. The van der Waals surface area contributed by atoms with Crippen LogP contribution in [0.2, 0.25) is 10.0 Å². The first-order valence-corrected chi connectivity index (χ1v) is 15.8. The van der Waals surface area contributed by atoms with Crippen molar-refractivity contribution in [3.63, 3.8) is 0 Å². The number of hydrogen-bond donors (Lipinski definition) is 4. The van der Waals surface area contributed by atoms with Crippen LogP contribution < -0.4 is 0 Å². The second-order valence-corrected chi connectivity index (χ2v) is 14.2. The molecule has 4 nitrogen and oxygen atoms in total. The molecule has 0 fully saturated rings. The number of rotatable bonds is 7. The normalized spacial score (nSPS) is 12.1. The highest BCUT2D eigenvalue weighted by atomic mass is 79.9. The predicted molar refractivity (Wildman–Crippen MR) is 179 cm³/mol. The highest BCUT2D eigenvalue weighted by Gasteiger charge is 2.37. The minimum Gasteiger partial charge on any atom is -0.506 e. The zero-order valence-electron chi connectivity index (χ0n) is 24.3. The van der Waals surface area contributed by atoms with Gasteiger partial charge in [-0.1, -0.05) is 61.3 Å². The Morgan fingerprint density at radius 1 is 0.500 bits per heavy atom. The maximum atomic E-state index is 10.5. The Morgan fingerprint density at radius 2 is 0.762 bits per heavy atom. The topological polar surface area (TPSA) is 80.9 Å². The van der Waals surface area contributed by atoms with E-state index in [1.54, 1.807) is 12.1 Å². The standard InChI is InChI=1S/C34H34Br2Cl2O4/c1-17-9-21(13-25(35)29(17)39)33(5,22-10-18(2)30(40)26(36)14-22)7-8-34(6,23-11-19(3)31(41)27(37)15-23)24-12-20(4)32(42)28(38)16-24/h9-16,39-42H,7-8H2,1-6H3. The van der Waals surface area contributed by atoms with Gasteiger partial charge < -0.3 is 20.4 Å². The molecular formula is C34H34Br2Cl2O4. The lowest BCUT2D eigenvalue weighted by Gasteiger charge is -2.38. The van der Waals surface area contributed by atoms with Gasteiger partial charge in [0.1, 0.15) is 23.0 Å². The molecule has 0 aliphatic rings. The van der Waals surface area contributed by atoms with Gasteiger partial charge in [-0.15, -0.1) is 0 Å². The van der Waals surface area contributed by atoms with Crippen LogP contribution in [0, 0.1) is 27.7 Å². The average Bonchev–Trinajstić information content (AvgIpc) is 2.93. The Kier molecular flexibility index (Phi) is 9.26.